The van der Waals surface area contributed by atoms with Crippen molar-refractivity contribution in [1.29, 1.82) is 0 Å². The zero-order valence-corrected chi connectivity index (χ0v) is 11.5. The summed E-state index contributed by atoms with van der Waals surface area (Å²) in [6, 6.07) is 0.391. The molecule has 2 unspecified atom stereocenters. The first-order chi connectivity index (χ1) is 8.15. The normalized spacial score (nSPS) is 24.5. The Morgan fingerprint density at radius 2 is 2.18 bits per heavy atom. The number of aryl methyl sites for hydroxylation is 2. The molecule has 0 amide bonds. The van der Waals surface area contributed by atoms with E-state index in [9.17, 15) is 0 Å². The van der Waals surface area contributed by atoms with E-state index >= 15 is 0 Å². The van der Waals surface area contributed by atoms with Crippen molar-refractivity contribution in [3.8, 4) is 0 Å². The maximum absolute atomic E-state index is 6.41. The third-order valence-corrected chi connectivity index (χ3v) is 4.19. The largest absolute Gasteiger partial charge is 0.328 e. The zero-order chi connectivity index (χ0) is 12.4. The lowest BCUT2D eigenvalue weighted by Gasteiger charge is -2.11. The van der Waals surface area contributed by atoms with Crippen LogP contribution in [0.3, 0.4) is 0 Å². The van der Waals surface area contributed by atoms with Crippen LogP contribution in [-0.4, -0.2) is 15.8 Å². The highest BCUT2D eigenvalue weighted by molar-refractivity contribution is 6.31. The van der Waals surface area contributed by atoms with Crippen molar-refractivity contribution < 1.29 is 0 Å². The van der Waals surface area contributed by atoms with Gasteiger partial charge in [-0.15, -0.1) is 0 Å². The summed E-state index contributed by atoms with van der Waals surface area (Å²) in [5.74, 6) is 0.689. The van der Waals surface area contributed by atoms with Gasteiger partial charge in [0.1, 0.15) is 0 Å². The van der Waals surface area contributed by atoms with Crippen LogP contribution in [-0.2, 0) is 19.4 Å². The second-order valence-corrected chi connectivity index (χ2v) is 5.40. The van der Waals surface area contributed by atoms with E-state index in [1.165, 1.54) is 12.1 Å². The molecule has 96 valence electrons. The molecule has 1 saturated carbocycles. The Bertz CT molecular complexity index is 386. The van der Waals surface area contributed by atoms with Crippen molar-refractivity contribution in [3.05, 3.63) is 16.4 Å². The Morgan fingerprint density at radius 3 is 2.71 bits per heavy atom. The second-order valence-electron chi connectivity index (χ2n) is 5.02. The van der Waals surface area contributed by atoms with Gasteiger partial charge in [-0.25, -0.2) is 0 Å². The predicted octanol–water partition coefficient (Wildman–Crippen LogP) is 2.79. The minimum absolute atomic E-state index is 0.391. The monoisotopic (exact) mass is 255 g/mol. The fourth-order valence-corrected chi connectivity index (χ4v) is 3.13. The number of nitrogens with zero attached hydrogens (tertiary/aromatic N) is 2. The number of rotatable bonds is 4. The highest BCUT2D eigenvalue weighted by atomic mass is 35.5. The van der Waals surface area contributed by atoms with Crippen molar-refractivity contribution in [3.63, 3.8) is 0 Å². The standard InChI is InChI=1S/C13H22ClN3/c1-3-11-13(14)12(17(4-2)16-11)8-9-5-6-10(15)7-9/h9-10H,3-8,15H2,1-2H3. The summed E-state index contributed by atoms with van der Waals surface area (Å²) in [6.45, 7) is 5.12. The van der Waals surface area contributed by atoms with E-state index in [-0.39, 0.29) is 0 Å². The van der Waals surface area contributed by atoms with Crippen molar-refractivity contribution in [2.24, 2.45) is 11.7 Å². The van der Waals surface area contributed by atoms with Crippen LogP contribution >= 0.6 is 11.6 Å². The average molecular weight is 256 g/mol. The van der Waals surface area contributed by atoms with E-state index in [4.69, 9.17) is 17.3 Å². The molecule has 1 aromatic heterocycles. The predicted molar refractivity (Wildman–Crippen MR) is 71.3 cm³/mol. The summed E-state index contributed by atoms with van der Waals surface area (Å²) < 4.78 is 2.06. The molecule has 17 heavy (non-hydrogen) atoms. The number of nitrogens with two attached hydrogens (primary N) is 1. The number of hydrogen-bond acceptors (Lipinski definition) is 2. The third kappa shape index (κ3) is 2.66. The Morgan fingerprint density at radius 1 is 1.41 bits per heavy atom. The van der Waals surface area contributed by atoms with Crippen LogP contribution in [0.15, 0.2) is 0 Å². The molecule has 2 N–H and O–H groups in total. The van der Waals surface area contributed by atoms with Crippen LogP contribution in [0.5, 0.6) is 0 Å². The van der Waals surface area contributed by atoms with Crippen molar-refractivity contribution in [1.82, 2.24) is 9.78 Å². The van der Waals surface area contributed by atoms with E-state index in [1.807, 2.05) is 0 Å². The fraction of sp³-hybridized carbons (Fsp3) is 0.769. The maximum Gasteiger partial charge on any atom is 0.0849 e. The Balaban J connectivity index is 2.16. The lowest BCUT2D eigenvalue weighted by atomic mass is 10.0. The number of hydrogen-bond donors (Lipinski definition) is 1. The quantitative estimate of drug-likeness (QED) is 0.899. The van der Waals surface area contributed by atoms with Gasteiger partial charge < -0.3 is 5.73 Å². The van der Waals surface area contributed by atoms with E-state index < -0.39 is 0 Å². The summed E-state index contributed by atoms with van der Waals surface area (Å²) in [4.78, 5) is 0. The topological polar surface area (TPSA) is 43.8 Å². The van der Waals surface area contributed by atoms with Gasteiger partial charge in [0, 0.05) is 12.6 Å². The minimum atomic E-state index is 0.391. The Labute approximate surface area is 108 Å². The van der Waals surface area contributed by atoms with E-state index in [1.54, 1.807) is 0 Å². The molecule has 1 aliphatic carbocycles. The SMILES string of the molecule is CCc1nn(CC)c(CC2CCC(N)C2)c1Cl. The third-order valence-electron chi connectivity index (χ3n) is 3.76. The highest BCUT2D eigenvalue weighted by Gasteiger charge is 2.25. The Kier molecular flexibility index (Phi) is 4.10. The lowest BCUT2D eigenvalue weighted by molar-refractivity contribution is 0.500. The highest BCUT2D eigenvalue weighted by Crippen LogP contribution is 2.31. The average Bonchev–Trinajstić information content (AvgIpc) is 2.85. The van der Waals surface area contributed by atoms with Gasteiger partial charge >= 0.3 is 0 Å². The van der Waals surface area contributed by atoms with Crippen LogP contribution in [0.25, 0.3) is 0 Å². The van der Waals surface area contributed by atoms with Gasteiger partial charge in [0.15, 0.2) is 0 Å². The molecule has 2 rings (SSSR count). The van der Waals surface area contributed by atoms with E-state index in [2.05, 4.69) is 23.6 Å². The van der Waals surface area contributed by atoms with Crippen LogP contribution in [0.2, 0.25) is 5.02 Å². The van der Waals surface area contributed by atoms with Crippen molar-refractivity contribution in [2.45, 2.75) is 58.5 Å². The molecule has 1 heterocycles. The molecule has 0 spiro atoms. The molecule has 1 aliphatic rings. The first-order valence-electron chi connectivity index (χ1n) is 6.65. The molecule has 1 aromatic rings. The number of aromatic nitrogens is 2. The second kappa shape index (κ2) is 5.40. The minimum Gasteiger partial charge on any atom is -0.328 e. The lowest BCUT2D eigenvalue weighted by Crippen LogP contribution is -2.16. The summed E-state index contributed by atoms with van der Waals surface area (Å²) >= 11 is 6.41. The van der Waals surface area contributed by atoms with Gasteiger partial charge in [0.25, 0.3) is 0 Å². The van der Waals surface area contributed by atoms with Crippen LogP contribution in [0.4, 0.5) is 0 Å². The maximum atomic E-state index is 6.41. The molecular weight excluding hydrogens is 234 g/mol. The Hall–Kier alpha value is -0.540. The molecule has 1 fully saturated rings. The van der Waals surface area contributed by atoms with Gasteiger partial charge in [-0.05, 0) is 44.9 Å². The van der Waals surface area contributed by atoms with Crippen LogP contribution in [0.1, 0.15) is 44.5 Å². The molecule has 0 aliphatic heterocycles. The molecule has 2 atom stereocenters. The molecule has 0 bridgehead atoms. The molecule has 0 aromatic carbocycles. The van der Waals surface area contributed by atoms with E-state index in [0.717, 1.165) is 42.9 Å². The van der Waals surface area contributed by atoms with Crippen molar-refractivity contribution in [2.75, 3.05) is 0 Å². The van der Waals surface area contributed by atoms with Gasteiger partial charge in [0.05, 0.1) is 16.4 Å². The molecule has 0 radical (unpaired) electrons. The van der Waals surface area contributed by atoms with Gasteiger partial charge in [0.2, 0.25) is 0 Å². The molecule has 0 saturated heterocycles. The smallest absolute Gasteiger partial charge is 0.0849 e. The molecule has 3 nitrogen and oxygen atoms in total. The van der Waals surface area contributed by atoms with Crippen LogP contribution in [0, 0.1) is 5.92 Å². The summed E-state index contributed by atoms with van der Waals surface area (Å²) in [7, 11) is 0. The van der Waals surface area contributed by atoms with Crippen LogP contribution < -0.4 is 5.73 Å². The first-order valence-corrected chi connectivity index (χ1v) is 7.03. The summed E-state index contributed by atoms with van der Waals surface area (Å²) in [5.41, 5.74) is 8.21. The molecule has 4 heteroatoms. The van der Waals surface area contributed by atoms with Gasteiger partial charge in [-0.1, -0.05) is 18.5 Å². The summed E-state index contributed by atoms with van der Waals surface area (Å²) in [5, 5.41) is 5.45. The fourth-order valence-electron chi connectivity index (χ4n) is 2.78. The summed E-state index contributed by atoms with van der Waals surface area (Å²) in [6.07, 6.45) is 5.46. The zero-order valence-electron chi connectivity index (χ0n) is 10.7. The van der Waals surface area contributed by atoms with Crippen molar-refractivity contribution >= 4 is 11.6 Å². The van der Waals surface area contributed by atoms with Gasteiger partial charge in [-0.2, -0.15) is 5.10 Å². The van der Waals surface area contributed by atoms with E-state index in [0.29, 0.717) is 12.0 Å². The first kappa shape index (κ1) is 12.9. The number of halogens is 1. The molecular formula is C13H22ClN3. The van der Waals surface area contributed by atoms with Gasteiger partial charge in [-0.3, -0.25) is 4.68 Å².